The number of carbonyl (C=O) groups is 3. The lowest BCUT2D eigenvalue weighted by Gasteiger charge is -2.08. The average molecular weight is 449 g/mol. The molecule has 0 aliphatic heterocycles. The van der Waals surface area contributed by atoms with E-state index in [0.717, 1.165) is 11.1 Å². The van der Waals surface area contributed by atoms with Gasteiger partial charge >= 0.3 is 5.97 Å². The van der Waals surface area contributed by atoms with Gasteiger partial charge in [-0.3, -0.25) is 14.4 Å². The zero-order chi connectivity index (χ0) is 22.9. The lowest BCUT2D eigenvalue weighted by atomic mass is 10.1. The summed E-state index contributed by atoms with van der Waals surface area (Å²) in [6.07, 6.45) is 3.14. The summed E-state index contributed by atoms with van der Waals surface area (Å²) in [5.41, 5.74) is 2.69. The first-order chi connectivity index (χ1) is 15.4. The van der Waals surface area contributed by atoms with Gasteiger partial charge in [0.05, 0.1) is 0 Å². The van der Waals surface area contributed by atoms with Gasteiger partial charge in [-0.15, -0.1) is 0 Å². The summed E-state index contributed by atoms with van der Waals surface area (Å²) in [5.74, 6) is -0.702. The van der Waals surface area contributed by atoms with Crippen LogP contribution in [0.2, 0.25) is 5.02 Å². The lowest BCUT2D eigenvalue weighted by Crippen LogP contribution is -2.20. The number of halogens is 1. The fourth-order valence-corrected chi connectivity index (χ4v) is 3.00. The third kappa shape index (κ3) is 7.11. The van der Waals surface area contributed by atoms with E-state index in [-0.39, 0.29) is 11.8 Å². The number of rotatable bonds is 7. The van der Waals surface area contributed by atoms with E-state index in [0.29, 0.717) is 28.6 Å². The topological polar surface area (TPSA) is 84.5 Å². The van der Waals surface area contributed by atoms with Gasteiger partial charge in [-0.25, -0.2) is 0 Å². The molecule has 0 unspecified atom stereocenters. The molecule has 0 saturated heterocycles. The van der Waals surface area contributed by atoms with E-state index in [1.54, 1.807) is 48.5 Å². The molecule has 32 heavy (non-hydrogen) atoms. The summed E-state index contributed by atoms with van der Waals surface area (Å²) in [6.45, 7) is 1.64. The molecule has 3 rings (SSSR count). The Kier molecular flexibility index (Phi) is 7.78. The molecule has 6 nitrogen and oxygen atoms in total. The maximum atomic E-state index is 12.4. The van der Waals surface area contributed by atoms with Crippen molar-refractivity contribution in [2.24, 2.45) is 0 Å². The Hall–Kier alpha value is -3.90. The van der Waals surface area contributed by atoms with Crippen molar-refractivity contribution < 1.29 is 19.1 Å². The number of hydrogen-bond acceptors (Lipinski definition) is 4. The van der Waals surface area contributed by atoms with Gasteiger partial charge in [0.25, 0.3) is 5.91 Å². The van der Waals surface area contributed by atoms with Crippen molar-refractivity contribution in [3.05, 3.63) is 101 Å². The summed E-state index contributed by atoms with van der Waals surface area (Å²) in [7, 11) is 0. The Bertz CT molecular complexity index is 1160. The predicted octanol–water partition coefficient (Wildman–Crippen LogP) is 4.85. The number of hydrogen-bond donors (Lipinski definition) is 2. The van der Waals surface area contributed by atoms with Crippen LogP contribution in [0.5, 0.6) is 5.75 Å². The number of amides is 2. The molecule has 0 aromatic heterocycles. The first-order valence-electron chi connectivity index (χ1n) is 9.79. The van der Waals surface area contributed by atoms with E-state index >= 15 is 0 Å². The number of ether oxygens (including phenoxy) is 1. The molecule has 0 spiro atoms. The highest BCUT2D eigenvalue weighted by molar-refractivity contribution is 6.30. The Morgan fingerprint density at radius 2 is 1.72 bits per heavy atom. The van der Waals surface area contributed by atoms with Gasteiger partial charge in [0.2, 0.25) is 5.91 Å². The smallest absolute Gasteiger partial charge is 0.308 e. The van der Waals surface area contributed by atoms with Crippen molar-refractivity contribution in [1.82, 2.24) is 5.32 Å². The van der Waals surface area contributed by atoms with E-state index in [1.807, 2.05) is 24.3 Å². The second kappa shape index (κ2) is 10.9. The van der Waals surface area contributed by atoms with Crippen LogP contribution in [0.4, 0.5) is 5.69 Å². The van der Waals surface area contributed by atoms with Crippen molar-refractivity contribution in [1.29, 1.82) is 0 Å². The molecule has 0 radical (unpaired) electrons. The second-order valence-electron chi connectivity index (χ2n) is 6.88. The van der Waals surface area contributed by atoms with Crippen LogP contribution in [0.1, 0.15) is 28.4 Å². The van der Waals surface area contributed by atoms with Gasteiger partial charge in [0, 0.05) is 35.8 Å². The van der Waals surface area contributed by atoms with Crippen LogP contribution in [0.15, 0.2) is 78.9 Å². The Morgan fingerprint density at radius 1 is 0.969 bits per heavy atom. The van der Waals surface area contributed by atoms with Gasteiger partial charge in [0.1, 0.15) is 5.75 Å². The maximum absolute atomic E-state index is 12.4. The molecule has 2 N–H and O–H groups in total. The Morgan fingerprint density at radius 3 is 2.44 bits per heavy atom. The second-order valence-corrected chi connectivity index (χ2v) is 7.32. The zero-order valence-electron chi connectivity index (χ0n) is 17.3. The van der Waals surface area contributed by atoms with E-state index in [2.05, 4.69) is 10.6 Å². The molecule has 7 heteroatoms. The molecular formula is C25H21ClN2O4. The molecule has 0 atom stereocenters. The molecule has 0 bridgehead atoms. The molecule has 3 aromatic carbocycles. The molecule has 162 valence electrons. The predicted molar refractivity (Wildman–Crippen MR) is 124 cm³/mol. The van der Waals surface area contributed by atoms with E-state index < -0.39 is 5.97 Å². The summed E-state index contributed by atoms with van der Waals surface area (Å²) in [4.78, 5) is 35.5. The van der Waals surface area contributed by atoms with Crippen LogP contribution in [0, 0.1) is 0 Å². The lowest BCUT2D eigenvalue weighted by molar-refractivity contribution is -0.131. The fraction of sp³-hybridized carbons (Fsp3) is 0.0800. The number of esters is 1. The minimum Gasteiger partial charge on any atom is -0.427 e. The molecule has 0 fully saturated rings. The third-order valence-corrected chi connectivity index (χ3v) is 4.55. The Balaban J connectivity index is 1.52. The van der Waals surface area contributed by atoms with Gasteiger partial charge in [-0.2, -0.15) is 0 Å². The summed E-state index contributed by atoms with van der Waals surface area (Å²) in [5, 5.41) is 6.20. The molecular weight excluding hydrogens is 428 g/mol. The van der Waals surface area contributed by atoms with Crippen LogP contribution in [0.3, 0.4) is 0 Å². The highest BCUT2D eigenvalue weighted by atomic mass is 35.5. The van der Waals surface area contributed by atoms with E-state index in [1.165, 1.54) is 19.1 Å². The quantitative estimate of drug-likeness (QED) is 0.307. The molecule has 0 aliphatic carbocycles. The van der Waals surface area contributed by atoms with E-state index in [9.17, 15) is 14.4 Å². The minimum atomic E-state index is -0.454. The number of benzene rings is 3. The standard InChI is InChI=1S/C25H21ClN2O4/c1-17(29)32-23-7-3-5-20(15-23)25(31)28-22-11-8-19(9-12-22)16-27-24(30)13-10-18-4-2-6-21(26)14-18/h2-15H,16H2,1H3,(H,27,30)(H,28,31)/b13-10+. The molecule has 0 saturated carbocycles. The average Bonchev–Trinajstić information content (AvgIpc) is 2.77. The SMILES string of the molecule is CC(=O)Oc1cccc(C(=O)Nc2ccc(CNC(=O)/C=C/c3cccc(Cl)c3)cc2)c1. The largest absolute Gasteiger partial charge is 0.427 e. The normalized spacial score (nSPS) is 10.6. The first-order valence-corrected chi connectivity index (χ1v) is 10.2. The molecule has 0 heterocycles. The highest BCUT2D eigenvalue weighted by Gasteiger charge is 2.08. The number of carbonyl (C=O) groups excluding carboxylic acids is 3. The van der Waals surface area contributed by atoms with Crippen molar-refractivity contribution in [3.8, 4) is 5.75 Å². The van der Waals surface area contributed by atoms with Crippen LogP contribution < -0.4 is 15.4 Å². The monoisotopic (exact) mass is 448 g/mol. The fourth-order valence-electron chi connectivity index (χ4n) is 2.81. The first kappa shape index (κ1) is 22.8. The Labute approximate surface area is 190 Å². The summed E-state index contributed by atoms with van der Waals surface area (Å²) < 4.78 is 5.00. The minimum absolute atomic E-state index is 0.227. The van der Waals surface area contributed by atoms with Crippen molar-refractivity contribution >= 4 is 41.1 Å². The van der Waals surface area contributed by atoms with Crippen molar-refractivity contribution in [3.63, 3.8) is 0 Å². The molecule has 2 amide bonds. The van der Waals surface area contributed by atoms with Gasteiger partial charge in [-0.1, -0.05) is 41.9 Å². The van der Waals surface area contributed by atoms with Gasteiger partial charge < -0.3 is 15.4 Å². The highest BCUT2D eigenvalue weighted by Crippen LogP contribution is 2.16. The van der Waals surface area contributed by atoms with Crippen LogP contribution in [0.25, 0.3) is 6.08 Å². The summed E-state index contributed by atoms with van der Waals surface area (Å²) in [6, 6.07) is 20.7. The third-order valence-electron chi connectivity index (χ3n) is 4.31. The summed E-state index contributed by atoms with van der Waals surface area (Å²) >= 11 is 5.93. The van der Waals surface area contributed by atoms with Crippen molar-refractivity contribution in [2.45, 2.75) is 13.5 Å². The van der Waals surface area contributed by atoms with E-state index in [4.69, 9.17) is 16.3 Å². The zero-order valence-corrected chi connectivity index (χ0v) is 18.1. The van der Waals surface area contributed by atoms with Gasteiger partial charge in [-0.05, 0) is 59.7 Å². The number of nitrogens with one attached hydrogen (secondary N) is 2. The van der Waals surface area contributed by atoms with Crippen molar-refractivity contribution in [2.75, 3.05) is 5.32 Å². The van der Waals surface area contributed by atoms with Gasteiger partial charge in [0.15, 0.2) is 0 Å². The van der Waals surface area contributed by atoms with Crippen LogP contribution in [-0.4, -0.2) is 17.8 Å². The maximum Gasteiger partial charge on any atom is 0.308 e. The van der Waals surface area contributed by atoms with Crippen LogP contribution in [-0.2, 0) is 16.1 Å². The molecule has 3 aromatic rings. The van der Waals surface area contributed by atoms with Crippen LogP contribution >= 0.6 is 11.6 Å². The molecule has 0 aliphatic rings. The number of anilines is 1.